The average molecular weight is 613 g/mol. The number of hydrogen-bond donors (Lipinski definition) is 3. The van der Waals surface area contributed by atoms with E-state index in [0.29, 0.717) is 34.6 Å². The average Bonchev–Trinajstić information content (AvgIpc) is 3.33. The summed E-state index contributed by atoms with van der Waals surface area (Å²) < 4.78 is 33.4. The molecule has 11 atom stereocenters. The van der Waals surface area contributed by atoms with Gasteiger partial charge in [0.1, 0.15) is 4.90 Å². The van der Waals surface area contributed by atoms with Crippen molar-refractivity contribution in [2.24, 2.45) is 52.3 Å². The van der Waals surface area contributed by atoms with E-state index in [1.54, 1.807) is 18.2 Å². The Labute approximate surface area is 256 Å². The van der Waals surface area contributed by atoms with Gasteiger partial charge in [-0.3, -0.25) is 4.98 Å². The summed E-state index contributed by atoms with van der Waals surface area (Å²) in [5.41, 5.74) is 0.856. The first kappa shape index (κ1) is 30.8. The Kier molecular flexibility index (Phi) is 8.08. The largest absolute Gasteiger partial charge is 0.449 e. The number of fused-ring (bicyclic) bond motifs is 6. The highest BCUT2D eigenvalue weighted by Gasteiger charge is 2.64. The quantitative estimate of drug-likeness (QED) is 0.370. The molecular formula is C34H48N2O6S. The van der Waals surface area contributed by atoms with Crippen molar-refractivity contribution in [2.45, 2.75) is 96.2 Å². The molecule has 0 unspecified atom stereocenters. The molecule has 0 bridgehead atoms. The molecule has 1 heterocycles. The predicted octanol–water partition coefficient (Wildman–Crippen LogP) is 5.91. The highest BCUT2D eigenvalue weighted by Crippen LogP contribution is 2.69. The van der Waals surface area contributed by atoms with Crippen LogP contribution >= 0.6 is 0 Å². The number of aromatic nitrogens is 1. The Morgan fingerprint density at radius 1 is 1.07 bits per heavy atom. The van der Waals surface area contributed by atoms with Crippen LogP contribution < -0.4 is 4.72 Å². The number of rotatable bonds is 6. The van der Waals surface area contributed by atoms with Gasteiger partial charge in [0, 0.05) is 11.6 Å². The summed E-state index contributed by atoms with van der Waals surface area (Å²) in [4.78, 5) is 16.8. The number of aliphatic hydroxyl groups excluding tert-OH is 2. The molecule has 1 amide bonds. The van der Waals surface area contributed by atoms with Gasteiger partial charge < -0.3 is 14.9 Å². The highest BCUT2D eigenvalue weighted by molar-refractivity contribution is 7.90. The second kappa shape index (κ2) is 11.3. The number of carbonyl (C=O) groups excluding carboxylic acids is 1. The maximum atomic E-state index is 12.9. The second-order valence-electron chi connectivity index (χ2n) is 14.7. The van der Waals surface area contributed by atoms with Crippen molar-refractivity contribution in [3.63, 3.8) is 0 Å². The van der Waals surface area contributed by atoms with Crippen molar-refractivity contribution in [1.29, 1.82) is 0 Å². The fraction of sp³-hybridized carbons (Fsp3) is 0.706. The zero-order valence-electron chi connectivity index (χ0n) is 25.9. The number of nitrogens with zero attached hydrogens (tertiary/aromatic N) is 1. The number of ether oxygens (including phenoxy) is 1. The number of hydrogen-bond acceptors (Lipinski definition) is 7. The molecule has 8 nitrogen and oxygen atoms in total. The van der Waals surface area contributed by atoms with E-state index in [0.717, 1.165) is 51.4 Å². The van der Waals surface area contributed by atoms with Gasteiger partial charge in [-0.2, -0.15) is 0 Å². The van der Waals surface area contributed by atoms with Gasteiger partial charge in [0.05, 0.1) is 24.3 Å². The number of amides is 1. The molecule has 3 N–H and O–H groups in total. The summed E-state index contributed by atoms with van der Waals surface area (Å²) >= 11 is 0. The van der Waals surface area contributed by atoms with Gasteiger partial charge in [-0.15, -0.1) is 0 Å². The molecule has 4 aliphatic carbocycles. The van der Waals surface area contributed by atoms with Gasteiger partial charge in [0.25, 0.3) is 10.0 Å². The third-order valence-corrected chi connectivity index (χ3v) is 14.0. The molecule has 0 spiro atoms. The molecule has 1 aromatic heterocycles. The number of nitrogens with one attached hydrogen (secondary N) is 1. The Hall–Kier alpha value is -2.23. The van der Waals surface area contributed by atoms with Crippen molar-refractivity contribution in [3.8, 4) is 0 Å². The van der Waals surface area contributed by atoms with Crippen LogP contribution in [-0.2, 0) is 14.8 Å². The molecule has 43 heavy (non-hydrogen) atoms. The monoisotopic (exact) mass is 612 g/mol. The van der Waals surface area contributed by atoms with Crippen molar-refractivity contribution >= 4 is 27.0 Å². The summed E-state index contributed by atoms with van der Waals surface area (Å²) in [5, 5.41) is 23.1. The predicted molar refractivity (Wildman–Crippen MR) is 164 cm³/mol. The molecule has 4 aliphatic rings. The van der Waals surface area contributed by atoms with Crippen LogP contribution in [0.1, 0.15) is 79.1 Å². The lowest BCUT2D eigenvalue weighted by molar-refractivity contribution is -0.203. The van der Waals surface area contributed by atoms with Crippen LogP contribution in [0.25, 0.3) is 10.9 Å². The molecule has 0 aliphatic heterocycles. The first-order chi connectivity index (χ1) is 20.4. The fourth-order valence-corrected chi connectivity index (χ4v) is 11.5. The van der Waals surface area contributed by atoms with Gasteiger partial charge in [-0.25, -0.2) is 17.9 Å². The van der Waals surface area contributed by atoms with Crippen LogP contribution in [0.3, 0.4) is 0 Å². The number of carbonyl (C=O) groups is 1. The van der Waals surface area contributed by atoms with Crippen LogP contribution in [0.5, 0.6) is 0 Å². The van der Waals surface area contributed by atoms with E-state index in [9.17, 15) is 23.4 Å². The molecule has 9 heteroatoms. The third-order valence-electron chi connectivity index (χ3n) is 12.7. The maximum absolute atomic E-state index is 12.9. The Morgan fingerprint density at radius 2 is 1.79 bits per heavy atom. The van der Waals surface area contributed by atoms with E-state index in [1.165, 1.54) is 12.3 Å². The van der Waals surface area contributed by atoms with Crippen molar-refractivity contribution in [3.05, 3.63) is 36.5 Å². The molecule has 4 saturated carbocycles. The summed E-state index contributed by atoms with van der Waals surface area (Å²) in [7, 11) is -4.13. The number of para-hydroxylation sites is 1. The number of aliphatic hydroxyl groups is 2. The van der Waals surface area contributed by atoms with E-state index in [1.807, 2.05) is 6.07 Å². The van der Waals surface area contributed by atoms with E-state index < -0.39 is 16.1 Å². The lowest BCUT2D eigenvalue weighted by atomic mass is 9.41. The summed E-state index contributed by atoms with van der Waals surface area (Å²) in [5.74, 6) is 2.08. The van der Waals surface area contributed by atoms with E-state index in [-0.39, 0.29) is 52.3 Å². The molecule has 1 aromatic carbocycles. The summed E-state index contributed by atoms with van der Waals surface area (Å²) in [6, 6.07) is 8.70. The minimum atomic E-state index is -4.13. The number of benzene rings is 1. The maximum Gasteiger partial charge on any atom is 0.421 e. The topological polar surface area (TPSA) is 126 Å². The molecule has 0 saturated heterocycles. The first-order valence-corrected chi connectivity index (χ1v) is 17.8. The molecule has 4 fully saturated rings. The molecule has 6 rings (SSSR count). The highest BCUT2D eigenvalue weighted by atomic mass is 32.2. The fourth-order valence-electron chi connectivity index (χ4n) is 10.7. The van der Waals surface area contributed by atoms with Crippen LogP contribution in [0.2, 0.25) is 0 Å². The Morgan fingerprint density at radius 3 is 2.56 bits per heavy atom. The van der Waals surface area contributed by atoms with Crippen molar-refractivity contribution in [2.75, 3.05) is 6.61 Å². The van der Waals surface area contributed by atoms with E-state index in [4.69, 9.17) is 4.74 Å². The summed E-state index contributed by atoms with van der Waals surface area (Å²) in [6.45, 7) is 9.26. The lowest BCUT2D eigenvalue weighted by Crippen LogP contribution is -2.62. The van der Waals surface area contributed by atoms with Gasteiger partial charge in [-0.05, 0) is 109 Å². The van der Waals surface area contributed by atoms with E-state index in [2.05, 4.69) is 37.4 Å². The van der Waals surface area contributed by atoms with Crippen LogP contribution in [0.4, 0.5) is 4.79 Å². The van der Waals surface area contributed by atoms with Gasteiger partial charge >= 0.3 is 6.09 Å². The molecular weight excluding hydrogens is 564 g/mol. The smallest absolute Gasteiger partial charge is 0.421 e. The Balaban J connectivity index is 1.12. The van der Waals surface area contributed by atoms with Crippen LogP contribution in [-0.4, -0.2) is 48.5 Å². The number of pyridine rings is 1. The minimum Gasteiger partial charge on any atom is -0.449 e. The summed E-state index contributed by atoms with van der Waals surface area (Å²) in [6.07, 6.45) is 7.53. The van der Waals surface area contributed by atoms with Gasteiger partial charge in [0.2, 0.25) is 0 Å². The second-order valence-corrected chi connectivity index (χ2v) is 16.3. The molecule has 2 aromatic rings. The third kappa shape index (κ3) is 5.17. The SMILES string of the molecule is CC[C@H]1[C@@H](O)[C@@H]2[C@H](CC[C@]3(C)[C@@H]([C@H](C)COC(=O)NS(=O)(=O)c4cnc5ccccc5c4)CC[C@@H]23)[C@@]2(C)CC[C@@H](O)C[C@@H]12. The molecule has 0 radical (unpaired) electrons. The Bertz CT molecular complexity index is 1470. The molecule has 236 valence electrons. The standard InChI is InChI=1S/C34H48N2O6S/c1-5-24-28-17-22(37)12-14-34(28,4)27-13-15-33(3)25(10-11-26(33)30(27)31(24)38)20(2)19-42-32(39)36-43(40,41)23-16-21-8-6-7-9-29(21)35-18-23/h6-9,16,18,20,22,24-28,30-31,37-38H,5,10-15,17,19H2,1-4H3,(H,36,39)/t20-,22-,24-,25-,26+,27+,28+,30+,31-,33-,34-/m1/s1. The zero-order valence-corrected chi connectivity index (χ0v) is 26.7. The first-order valence-electron chi connectivity index (χ1n) is 16.3. The van der Waals surface area contributed by atoms with Gasteiger partial charge in [0.15, 0.2) is 0 Å². The normalized spacial score (nSPS) is 39.8. The lowest BCUT2D eigenvalue weighted by Gasteiger charge is -2.64. The van der Waals surface area contributed by atoms with Crippen molar-refractivity contribution in [1.82, 2.24) is 9.71 Å². The van der Waals surface area contributed by atoms with Crippen LogP contribution in [0.15, 0.2) is 41.4 Å². The van der Waals surface area contributed by atoms with E-state index >= 15 is 0 Å². The minimum absolute atomic E-state index is 0.0277. The van der Waals surface area contributed by atoms with Gasteiger partial charge in [-0.1, -0.05) is 52.3 Å². The zero-order chi connectivity index (χ0) is 30.7. The van der Waals surface area contributed by atoms with Crippen LogP contribution in [0, 0.1) is 52.3 Å². The number of sulfonamides is 1. The van der Waals surface area contributed by atoms with Crippen molar-refractivity contribution < 1.29 is 28.2 Å².